The maximum atomic E-state index is 12.8. The van der Waals surface area contributed by atoms with E-state index in [9.17, 15) is 9.59 Å². The van der Waals surface area contributed by atoms with Crippen molar-refractivity contribution in [2.24, 2.45) is 0 Å². The zero-order valence-electron chi connectivity index (χ0n) is 14.3. The third kappa shape index (κ3) is 5.66. The van der Waals surface area contributed by atoms with Gasteiger partial charge in [-0.2, -0.15) is 0 Å². The minimum Gasteiger partial charge on any atom is -0.444 e. The number of anilines is 1. The molecule has 1 unspecified atom stereocenters. The Morgan fingerprint density at radius 2 is 1.82 bits per heavy atom. The van der Waals surface area contributed by atoms with Crippen molar-refractivity contribution in [3.05, 3.63) is 86.8 Å². The monoisotopic (exact) mass is 432 g/mol. The summed E-state index contributed by atoms with van der Waals surface area (Å²) in [6.07, 6.45) is 3.25. The van der Waals surface area contributed by atoms with E-state index in [0.29, 0.717) is 26.3 Å². The van der Waals surface area contributed by atoms with Crippen LogP contribution in [-0.4, -0.2) is 16.9 Å². The Bertz CT molecular complexity index is 972. The van der Waals surface area contributed by atoms with Gasteiger partial charge >= 0.3 is 5.97 Å². The first-order valence-corrected chi connectivity index (χ1v) is 9.75. The molecular formula is C20H14Cl2N2O3S. The van der Waals surface area contributed by atoms with Crippen molar-refractivity contribution < 1.29 is 14.3 Å². The highest BCUT2D eigenvalue weighted by Gasteiger charge is 2.24. The van der Waals surface area contributed by atoms with E-state index in [0.717, 1.165) is 0 Å². The first-order valence-electron chi connectivity index (χ1n) is 8.11. The fraction of sp³-hybridized carbons (Fsp3) is 0.0500. The third-order valence-corrected chi connectivity index (χ3v) is 4.70. The zero-order chi connectivity index (χ0) is 19.9. The highest BCUT2D eigenvalue weighted by molar-refractivity contribution is 7.10. The molecule has 8 heteroatoms. The Kier molecular flexibility index (Phi) is 6.81. The van der Waals surface area contributed by atoms with Crippen LogP contribution >= 0.6 is 34.5 Å². The lowest BCUT2D eigenvalue weighted by molar-refractivity contribution is -0.149. The fourth-order valence-corrected chi connectivity index (χ4v) is 3.40. The van der Waals surface area contributed by atoms with Gasteiger partial charge in [0.15, 0.2) is 0 Å². The molecule has 1 aromatic heterocycles. The maximum absolute atomic E-state index is 12.8. The van der Waals surface area contributed by atoms with Crippen LogP contribution in [0.4, 0.5) is 5.69 Å². The molecule has 1 heterocycles. The molecule has 1 N–H and O–H groups in total. The second-order valence-corrected chi connectivity index (χ2v) is 7.38. The zero-order valence-corrected chi connectivity index (χ0v) is 16.7. The summed E-state index contributed by atoms with van der Waals surface area (Å²) in [5, 5.41) is 5.88. The van der Waals surface area contributed by atoms with Crippen LogP contribution in [-0.2, 0) is 14.3 Å². The van der Waals surface area contributed by atoms with Crippen LogP contribution in [0.25, 0.3) is 6.08 Å². The van der Waals surface area contributed by atoms with Crippen LogP contribution in [0.3, 0.4) is 0 Å². The number of ether oxygens (including phenoxy) is 1. The number of hydrogen-bond donors (Lipinski definition) is 1. The molecule has 0 radical (unpaired) electrons. The van der Waals surface area contributed by atoms with Gasteiger partial charge in [-0.3, -0.25) is 4.79 Å². The van der Waals surface area contributed by atoms with Crippen LogP contribution in [0.15, 0.2) is 66.2 Å². The van der Waals surface area contributed by atoms with Crippen LogP contribution in [0, 0.1) is 0 Å². The van der Waals surface area contributed by atoms with E-state index in [2.05, 4.69) is 10.3 Å². The van der Waals surface area contributed by atoms with Crippen molar-refractivity contribution >= 4 is 58.2 Å². The molecule has 0 saturated heterocycles. The van der Waals surface area contributed by atoms with Crippen LogP contribution in [0.2, 0.25) is 10.0 Å². The van der Waals surface area contributed by atoms with E-state index in [1.807, 2.05) is 0 Å². The van der Waals surface area contributed by atoms with E-state index < -0.39 is 18.0 Å². The molecule has 0 saturated carbocycles. The van der Waals surface area contributed by atoms with Crippen molar-refractivity contribution in [1.29, 1.82) is 0 Å². The summed E-state index contributed by atoms with van der Waals surface area (Å²) in [6, 6.07) is 13.4. The molecule has 5 nitrogen and oxygen atoms in total. The van der Waals surface area contributed by atoms with Gasteiger partial charge in [0, 0.05) is 38.9 Å². The molecule has 0 fully saturated rings. The standard InChI is InChI=1S/C20H14Cl2N2O3S/c21-14-10-15(22)12-16(11-14)24-20(26)19(13-4-2-1-3-5-13)27-18(25)7-6-17-23-8-9-28-17/h1-12,19H,(H,24,26). The summed E-state index contributed by atoms with van der Waals surface area (Å²) in [6.45, 7) is 0. The number of hydrogen-bond acceptors (Lipinski definition) is 5. The smallest absolute Gasteiger partial charge is 0.331 e. The lowest BCUT2D eigenvalue weighted by Crippen LogP contribution is -2.25. The summed E-state index contributed by atoms with van der Waals surface area (Å²) in [5.41, 5.74) is 0.932. The topological polar surface area (TPSA) is 68.3 Å². The van der Waals surface area contributed by atoms with E-state index in [1.54, 1.807) is 60.1 Å². The lowest BCUT2D eigenvalue weighted by Gasteiger charge is -2.17. The number of esters is 1. The Labute approximate surface area is 175 Å². The molecule has 3 aromatic rings. The predicted molar refractivity (Wildman–Crippen MR) is 112 cm³/mol. The van der Waals surface area contributed by atoms with Gasteiger partial charge in [0.1, 0.15) is 5.01 Å². The van der Waals surface area contributed by atoms with Crippen molar-refractivity contribution in [3.63, 3.8) is 0 Å². The highest BCUT2D eigenvalue weighted by atomic mass is 35.5. The van der Waals surface area contributed by atoms with Crippen LogP contribution in [0.5, 0.6) is 0 Å². The molecule has 0 bridgehead atoms. The molecular weight excluding hydrogens is 419 g/mol. The number of carbonyl (C=O) groups excluding carboxylic acids is 2. The van der Waals surface area contributed by atoms with Gasteiger partial charge in [-0.05, 0) is 24.3 Å². The van der Waals surface area contributed by atoms with Gasteiger partial charge in [-0.25, -0.2) is 9.78 Å². The van der Waals surface area contributed by atoms with E-state index >= 15 is 0 Å². The van der Waals surface area contributed by atoms with Crippen molar-refractivity contribution in [3.8, 4) is 0 Å². The molecule has 1 amide bonds. The quantitative estimate of drug-likeness (QED) is 0.418. The number of amides is 1. The first kappa shape index (κ1) is 20.1. The largest absolute Gasteiger partial charge is 0.444 e. The van der Waals surface area contributed by atoms with E-state index in [1.165, 1.54) is 23.5 Å². The highest BCUT2D eigenvalue weighted by Crippen LogP contribution is 2.25. The van der Waals surface area contributed by atoms with Crippen molar-refractivity contribution in [2.75, 3.05) is 5.32 Å². The minimum absolute atomic E-state index is 0.377. The van der Waals surface area contributed by atoms with Gasteiger partial charge < -0.3 is 10.1 Å². The average Bonchev–Trinajstić information content (AvgIpc) is 3.18. The second-order valence-electron chi connectivity index (χ2n) is 5.58. The SMILES string of the molecule is O=C(C=Cc1nccs1)OC(C(=O)Nc1cc(Cl)cc(Cl)c1)c1ccccc1. The number of rotatable bonds is 6. The summed E-state index contributed by atoms with van der Waals surface area (Å²) >= 11 is 13.3. The van der Waals surface area contributed by atoms with Crippen LogP contribution < -0.4 is 5.32 Å². The van der Waals surface area contributed by atoms with Crippen molar-refractivity contribution in [1.82, 2.24) is 4.98 Å². The summed E-state index contributed by atoms with van der Waals surface area (Å²) in [4.78, 5) is 29.1. The van der Waals surface area contributed by atoms with Gasteiger partial charge in [0.05, 0.1) is 0 Å². The number of halogens is 2. The maximum Gasteiger partial charge on any atom is 0.331 e. The van der Waals surface area contributed by atoms with Crippen molar-refractivity contribution in [2.45, 2.75) is 6.10 Å². The molecule has 0 spiro atoms. The third-order valence-electron chi connectivity index (χ3n) is 3.52. The molecule has 142 valence electrons. The Morgan fingerprint density at radius 1 is 1.11 bits per heavy atom. The normalized spacial score (nSPS) is 11.9. The summed E-state index contributed by atoms with van der Waals surface area (Å²) in [7, 11) is 0. The number of nitrogens with zero attached hydrogens (tertiary/aromatic N) is 1. The number of thiazole rings is 1. The number of nitrogens with one attached hydrogen (secondary N) is 1. The molecule has 3 rings (SSSR count). The summed E-state index contributed by atoms with van der Waals surface area (Å²) < 4.78 is 5.40. The van der Waals surface area contributed by atoms with Gasteiger partial charge in [0.25, 0.3) is 5.91 Å². The predicted octanol–water partition coefficient (Wildman–Crippen LogP) is 5.39. The van der Waals surface area contributed by atoms with Crippen LogP contribution in [0.1, 0.15) is 16.7 Å². The fourth-order valence-electron chi connectivity index (χ4n) is 2.35. The Balaban J connectivity index is 1.78. The minimum atomic E-state index is -1.15. The van der Waals surface area contributed by atoms with E-state index in [-0.39, 0.29) is 0 Å². The van der Waals surface area contributed by atoms with Gasteiger partial charge in [-0.1, -0.05) is 53.5 Å². The van der Waals surface area contributed by atoms with Gasteiger partial charge in [0.2, 0.25) is 6.10 Å². The Hall–Kier alpha value is -2.67. The number of carbonyl (C=O) groups is 2. The molecule has 0 aliphatic heterocycles. The number of benzene rings is 2. The van der Waals surface area contributed by atoms with Gasteiger partial charge in [-0.15, -0.1) is 11.3 Å². The molecule has 0 aliphatic carbocycles. The molecule has 28 heavy (non-hydrogen) atoms. The Morgan fingerprint density at radius 3 is 2.46 bits per heavy atom. The molecule has 0 aliphatic rings. The molecule has 2 aromatic carbocycles. The first-order chi connectivity index (χ1) is 13.5. The molecule has 1 atom stereocenters. The average molecular weight is 433 g/mol. The van der Waals surface area contributed by atoms with E-state index in [4.69, 9.17) is 27.9 Å². The summed E-state index contributed by atoms with van der Waals surface area (Å²) in [5.74, 6) is -1.19. The lowest BCUT2D eigenvalue weighted by atomic mass is 10.1. The number of aromatic nitrogens is 1. The second kappa shape index (κ2) is 9.50.